The number of carbonyl (C=O) groups excluding carboxylic acids is 1. The van der Waals surface area contributed by atoms with Crippen LogP contribution in [0.1, 0.15) is 51.0 Å². The monoisotopic (exact) mass is 288 g/mol. The molecule has 0 atom stereocenters. The Labute approximate surface area is 128 Å². The summed E-state index contributed by atoms with van der Waals surface area (Å²) in [5, 5.41) is 0. The lowest BCUT2D eigenvalue weighted by Gasteiger charge is -2.34. The minimum atomic E-state index is -0.142. The Hall–Kier alpha value is -1.35. The molecule has 0 unspecified atom stereocenters. The van der Waals surface area contributed by atoms with Crippen molar-refractivity contribution in [1.82, 2.24) is 0 Å². The van der Waals surface area contributed by atoms with Crippen LogP contribution in [0.25, 0.3) is 0 Å². The number of nitrogens with two attached hydrogens (primary N) is 1. The summed E-state index contributed by atoms with van der Waals surface area (Å²) in [4.78, 5) is 15.2. The number of amides is 1. The summed E-state index contributed by atoms with van der Waals surface area (Å²) in [5.74, 6) is 0.310. The third-order valence-corrected chi connectivity index (χ3v) is 4.93. The predicted octanol–water partition coefficient (Wildman–Crippen LogP) is 3.65. The number of benzene rings is 1. The molecule has 0 saturated heterocycles. The zero-order valence-electron chi connectivity index (χ0n) is 13.4. The number of hydrogen-bond acceptors (Lipinski definition) is 2. The molecule has 1 aromatic carbocycles. The van der Waals surface area contributed by atoms with Gasteiger partial charge in [0.2, 0.25) is 5.91 Å². The molecule has 1 fully saturated rings. The lowest BCUT2D eigenvalue weighted by molar-refractivity contribution is -0.128. The van der Waals surface area contributed by atoms with Crippen LogP contribution in [-0.4, -0.2) is 19.0 Å². The lowest BCUT2D eigenvalue weighted by atomic mass is 9.81. The predicted molar refractivity (Wildman–Crippen MR) is 88.4 cm³/mol. The summed E-state index contributed by atoms with van der Waals surface area (Å²) < 4.78 is 0. The van der Waals surface area contributed by atoms with E-state index in [1.807, 2.05) is 17.0 Å². The van der Waals surface area contributed by atoms with Crippen LogP contribution in [0, 0.1) is 12.3 Å². The third kappa shape index (κ3) is 3.29. The van der Waals surface area contributed by atoms with Gasteiger partial charge in [0.1, 0.15) is 0 Å². The maximum absolute atomic E-state index is 13.2. The van der Waals surface area contributed by atoms with Gasteiger partial charge in [-0.25, -0.2) is 0 Å². The Balaban J connectivity index is 2.31. The summed E-state index contributed by atoms with van der Waals surface area (Å²) in [5.41, 5.74) is 7.74. The Bertz CT molecular complexity index is 478. The summed E-state index contributed by atoms with van der Waals surface area (Å²) >= 11 is 0. The molecule has 0 aromatic heterocycles. The van der Waals surface area contributed by atoms with E-state index in [4.69, 9.17) is 5.73 Å². The van der Waals surface area contributed by atoms with Crippen molar-refractivity contribution in [2.45, 2.75) is 52.4 Å². The van der Waals surface area contributed by atoms with Gasteiger partial charge in [0.15, 0.2) is 0 Å². The van der Waals surface area contributed by atoms with Crippen molar-refractivity contribution in [1.29, 1.82) is 0 Å². The van der Waals surface area contributed by atoms with E-state index < -0.39 is 0 Å². The number of aryl methyl sites for hydroxylation is 1. The molecule has 1 amide bonds. The average molecular weight is 288 g/mol. The Morgan fingerprint density at radius 2 is 1.95 bits per heavy atom. The number of hydrogen-bond donors (Lipinski definition) is 1. The fraction of sp³-hybridized carbons (Fsp3) is 0.611. The van der Waals surface area contributed by atoms with E-state index in [-0.39, 0.29) is 5.41 Å². The smallest absolute Gasteiger partial charge is 0.233 e. The van der Waals surface area contributed by atoms with Gasteiger partial charge in [-0.1, -0.05) is 38.0 Å². The van der Waals surface area contributed by atoms with Crippen LogP contribution in [0.15, 0.2) is 24.3 Å². The fourth-order valence-corrected chi connectivity index (χ4v) is 3.50. The molecule has 1 aliphatic carbocycles. The van der Waals surface area contributed by atoms with Gasteiger partial charge in [-0.2, -0.15) is 0 Å². The van der Waals surface area contributed by atoms with Gasteiger partial charge in [-0.05, 0) is 50.8 Å². The van der Waals surface area contributed by atoms with E-state index in [1.54, 1.807) is 0 Å². The van der Waals surface area contributed by atoms with Gasteiger partial charge in [-0.3, -0.25) is 4.79 Å². The SMILES string of the molecule is CCC1(C(=O)N(CCCN)c2ccccc2C)CCCC1. The normalized spacial score (nSPS) is 16.9. The van der Waals surface area contributed by atoms with Gasteiger partial charge >= 0.3 is 0 Å². The molecular formula is C18H28N2O. The van der Waals surface area contributed by atoms with Crippen LogP contribution in [0.2, 0.25) is 0 Å². The van der Waals surface area contributed by atoms with Crippen LogP contribution < -0.4 is 10.6 Å². The summed E-state index contributed by atoms with van der Waals surface area (Å²) in [6, 6.07) is 8.17. The van der Waals surface area contributed by atoms with Crippen molar-refractivity contribution in [3.05, 3.63) is 29.8 Å². The van der Waals surface area contributed by atoms with Crippen molar-refractivity contribution in [3.63, 3.8) is 0 Å². The second-order valence-electron chi connectivity index (χ2n) is 6.23. The summed E-state index contributed by atoms with van der Waals surface area (Å²) in [6.07, 6.45) is 6.22. The number of carbonyl (C=O) groups is 1. The molecule has 21 heavy (non-hydrogen) atoms. The van der Waals surface area contributed by atoms with E-state index in [9.17, 15) is 4.79 Å². The molecule has 0 radical (unpaired) electrons. The van der Waals surface area contributed by atoms with Crippen molar-refractivity contribution in [3.8, 4) is 0 Å². The minimum Gasteiger partial charge on any atom is -0.330 e. The molecule has 1 aliphatic rings. The molecule has 0 bridgehead atoms. The number of rotatable bonds is 6. The van der Waals surface area contributed by atoms with Gasteiger partial charge < -0.3 is 10.6 Å². The summed E-state index contributed by atoms with van der Waals surface area (Å²) in [6.45, 7) is 5.57. The summed E-state index contributed by atoms with van der Waals surface area (Å²) in [7, 11) is 0. The molecule has 3 heteroatoms. The first-order chi connectivity index (χ1) is 10.1. The van der Waals surface area contributed by atoms with E-state index in [0.717, 1.165) is 43.5 Å². The molecule has 3 nitrogen and oxygen atoms in total. The third-order valence-electron chi connectivity index (χ3n) is 4.93. The topological polar surface area (TPSA) is 46.3 Å². The standard InChI is InChI=1S/C18H28N2O/c1-3-18(11-6-7-12-18)17(21)20(14-8-13-19)16-10-5-4-9-15(16)2/h4-5,9-10H,3,6-8,11-14,19H2,1-2H3. The molecule has 1 aromatic rings. The Morgan fingerprint density at radius 1 is 1.29 bits per heavy atom. The van der Waals surface area contributed by atoms with Crippen LogP contribution in [0.5, 0.6) is 0 Å². The second kappa shape index (κ2) is 7.08. The Morgan fingerprint density at radius 3 is 2.52 bits per heavy atom. The van der Waals surface area contributed by atoms with Gasteiger partial charge in [0.25, 0.3) is 0 Å². The molecule has 0 spiro atoms. The van der Waals surface area contributed by atoms with Crippen molar-refractivity contribution < 1.29 is 4.79 Å². The minimum absolute atomic E-state index is 0.142. The van der Waals surface area contributed by atoms with E-state index in [0.29, 0.717) is 12.5 Å². The highest BCUT2D eigenvalue weighted by Gasteiger charge is 2.42. The maximum Gasteiger partial charge on any atom is 0.233 e. The lowest BCUT2D eigenvalue weighted by Crippen LogP contribution is -2.44. The molecule has 1 saturated carbocycles. The highest BCUT2D eigenvalue weighted by molar-refractivity contribution is 5.98. The zero-order chi connectivity index (χ0) is 15.3. The molecular weight excluding hydrogens is 260 g/mol. The van der Waals surface area contributed by atoms with E-state index in [2.05, 4.69) is 26.0 Å². The first-order valence-electron chi connectivity index (χ1n) is 8.22. The Kier molecular flexibility index (Phi) is 5.40. The van der Waals surface area contributed by atoms with Gasteiger partial charge in [0, 0.05) is 17.6 Å². The average Bonchev–Trinajstić information content (AvgIpc) is 2.99. The van der Waals surface area contributed by atoms with Crippen molar-refractivity contribution in [2.24, 2.45) is 11.1 Å². The maximum atomic E-state index is 13.2. The van der Waals surface area contributed by atoms with Gasteiger partial charge in [-0.15, -0.1) is 0 Å². The highest BCUT2D eigenvalue weighted by Crippen LogP contribution is 2.43. The number of nitrogens with zero attached hydrogens (tertiary/aromatic N) is 1. The van der Waals surface area contributed by atoms with Crippen LogP contribution >= 0.6 is 0 Å². The fourth-order valence-electron chi connectivity index (χ4n) is 3.50. The molecule has 0 heterocycles. The first-order valence-corrected chi connectivity index (χ1v) is 8.22. The van der Waals surface area contributed by atoms with Crippen molar-refractivity contribution >= 4 is 11.6 Å². The van der Waals surface area contributed by atoms with E-state index in [1.165, 1.54) is 12.8 Å². The van der Waals surface area contributed by atoms with Gasteiger partial charge in [0.05, 0.1) is 0 Å². The zero-order valence-corrected chi connectivity index (χ0v) is 13.4. The first kappa shape index (κ1) is 16.0. The molecule has 2 rings (SSSR count). The highest BCUT2D eigenvalue weighted by atomic mass is 16.2. The molecule has 0 aliphatic heterocycles. The van der Waals surface area contributed by atoms with Crippen LogP contribution in [0.3, 0.4) is 0 Å². The quantitative estimate of drug-likeness (QED) is 0.868. The number of anilines is 1. The van der Waals surface area contributed by atoms with Crippen LogP contribution in [0.4, 0.5) is 5.69 Å². The largest absolute Gasteiger partial charge is 0.330 e. The molecule has 2 N–H and O–H groups in total. The molecule has 116 valence electrons. The second-order valence-corrected chi connectivity index (χ2v) is 6.23. The van der Waals surface area contributed by atoms with Crippen molar-refractivity contribution in [2.75, 3.05) is 18.0 Å². The van der Waals surface area contributed by atoms with Crippen LogP contribution in [-0.2, 0) is 4.79 Å². The number of para-hydroxylation sites is 1. The van der Waals surface area contributed by atoms with E-state index >= 15 is 0 Å².